The quantitative estimate of drug-likeness (QED) is 0.336. The first kappa shape index (κ1) is 13.8. The Morgan fingerprint density at radius 2 is 2.11 bits per heavy atom. The Kier molecular flexibility index (Phi) is 5.50. The van der Waals surface area contributed by atoms with Crippen LogP contribution in [-0.4, -0.2) is 42.0 Å². The Balaban J connectivity index is 2.29. The number of nitrogens with two attached hydrogens (primary N) is 1. The maximum absolute atomic E-state index is 11.6. The van der Waals surface area contributed by atoms with E-state index in [1.807, 2.05) is 30.3 Å². The third-order valence-corrected chi connectivity index (χ3v) is 2.28. The fourth-order valence-electron chi connectivity index (χ4n) is 1.33. The van der Waals surface area contributed by atoms with Crippen molar-refractivity contribution in [3.63, 3.8) is 0 Å². The predicted molar refractivity (Wildman–Crippen MR) is 67.6 cm³/mol. The second-order valence-electron chi connectivity index (χ2n) is 3.75. The van der Waals surface area contributed by atoms with Crippen LogP contribution in [0.1, 0.15) is 6.42 Å². The van der Waals surface area contributed by atoms with Crippen molar-refractivity contribution >= 4 is 11.7 Å². The van der Waals surface area contributed by atoms with E-state index in [9.17, 15) is 4.79 Å². The molecule has 0 unspecified atom stereocenters. The zero-order chi connectivity index (χ0) is 13.4. The summed E-state index contributed by atoms with van der Waals surface area (Å²) in [4.78, 5) is 13.0. The average molecular weight is 251 g/mol. The first-order valence-electron chi connectivity index (χ1n) is 5.51. The molecule has 98 valence electrons. The molecule has 0 aliphatic heterocycles. The van der Waals surface area contributed by atoms with Gasteiger partial charge in [0.2, 0.25) is 5.91 Å². The Morgan fingerprint density at radius 3 is 2.72 bits per heavy atom. The van der Waals surface area contributed by atoms with Gasteiger partial charge in [0.15, 0.2) is 5.84 Å². The van der Waals surface area contributed by atoms with Gasteiger partial charge in [-0.3, -0.25) is 4.79 Å². The lowest BCUT2D eigenvalue weighted by Gasteiger charge is -2.16. The van der Waals surface area contributed by atoms with Crippen LogP contribution in [-0.2, 0) is 4.79 Å². The summed E-state index contributed by atoms with van der Waals surface area (Å²) in [7, 11) is 1.59. The fourth-order valence-corrected chi connectivity index (χ4v) is 1.33. The van der Waals surface area contributed by atoms with Crippen LogP contribution in [0.4, 0.5) is 0 Å². The highest BCUT2D eigenvalue weighted by Gasteiger charge is 2.10. The molecule has 0 radical (unpaired) electrons. The van der Waals surface area contributed by atoms with Gasteiger partial charge in [0.25, 0.3) is 0 Å². The molecule has 3 N–H and O–H groups in total. The van der Waals surface area contributed by atoms with Crippen molar-refractivity contribution in [2.45, 2.75) is 6.42 Å². The third-order valence-electron chi connectivity index (χ3n) is 2.28. The molecule has 0 bridgehead atoms. The Morgan fingerprint density at radius 1 is 1.44 bits per heavy atom. The summed E-state index contributed by atoms with van der Waals surface area (Å²) in [5, 5.41) is 11.2. The van der Waals surface area contributed by atoms with Crippen LogP contribution >= 0.6 is 0 Å². The lowest BCUT2D eigenvalue weighted by Crippen LogP contribution is -2.36. The maximum atomic E-state index is 11.6. The second kappa shape index (κ2) is 7.16. The molecule has 6 heteroatoms. The summed E-state index contributed by atoms with van der Waals surface area (Å²) in [6, 6.07) is 9.27. The summed E-state index contributed by atoms with van der Waals surface area (Å²) >= 11 is 0. The van der Waals surface area contributed by atoms with E-state index in [1.54, 1.807) is 7.05 Å². The molecule has 1 rings (SSSR count). The van der Waals surface area contributed by atoms with Gasteiger partial charge >= 0.3 is 0 Å². The van der Waals surface area contributed by atoms with E-state index >= 15 is 0 Å². The van der Waals surface area contributed by atoms with Crippen LogP contribution in [0.5, 0.6) is 5.75 Å². The molecule has 0 fully saturated rings. The van der Waals surface area contributed by atoms with Crippen molar-refractivity contribution in [2.75, 3.05) is 20.2 Å². The van der Waals surface area contributed by atoms with Crippen LogP contribution in [0.2, 0.25) is 0 Å². The molecule has 0 aliphatic carbocycles. The SMILES string of the molecule is CN(CC(N)=NO)C(=O)CCOc1ccccc1. The van der Waals surface area contributed by atoms with Gasteiger partial charge in [0.1, 0.15) is 5.75 Å². The summed E-state index contributed by atoms with van der Waals surface area (Å²) in [6.07, 6.45) is 0.240. The van der Waals surface area contributed by atoms with Gasteiger partial charge < -0.3 is 20.6 Å². The Labute approximate surface area is 106 Å². The van der Waals surface area contributed by atoms with Gasteiger partial charge in [-0.05, 0) is 12.1 Å². The molecular formula is C12H17N3O3. The van der Waals surface area contributed by atoms with Gasteiger partial charge in [-0.1, -0.05) is 23.4 Å². The molecule has 0 atom stereocenters. The number of amidine groups is 1. The highest BCUT2D eigenvalue weighted by Crippen LogP contribution is 2.08. The topological polar surface area (TPSA) is 88.1 Å². The van der Waals surface area contributed by atoms with Gasteiger partial charge in [0, 0.05) is 7.05 Å². The minimum Gasteiger partial charge on any atom is -0.493 e. The Bertz CT molecular complexity index is 406. The summed E-state index contributed by atoms with van der Waals surface area (Å²) in [5.74, 6) is 0.594. The molecule has 0 spiro atoms. The standard InChI is InChI=1S/C12H17N3O3/c1-15(9-11(13)14-17)12(16)7-8-18-10-5-3-2-4-6-10/h2-6,17H,7-9H2,1H3,(H2,13,14). The third kappa shape index (κ3) is 4.73. The van der Waals surface area contributed by atoms with Crippen LogP contribution in [0.3, 0.4) is 0 Å². The first-order valence-corrected chi connectivity index (χ1v) is 5.51. The molecule has 0 aliphatic rings. The van der Waals surface area contributed by atoms with Crippen LogP contribution in [0, 0.1) is 0 Å². The average Bonchev–Trinajstić information content (AvgIpc) is 2.39. The molecule has 0 aromatic heterocycles. The van der Waals surface area contributed by atoms with E-state index in [1.165, 1.54) is 4.90 Å². The fraction of sp³-hybridized carbons (Fsp3) is 0.333. The van der Waals surface area contributed by atoms with Crippen molar-refractivity contribution in [1.82, 2.24) is 4.90 Å². The smallest absolute Gasteiger partial charge is 0.226 e. The number of likely N-dealkylation sites (N-methyl/N-ethyl adjacent to an activating group) is 1. The van der Waals surface area contributed by atoms with E-state index in [2.05, 4.69) is 5.16 Å². The number of benzene rings is 1. The zero-order valence-electron chi connectivity index (χ0n) is 10.2. The summed E-state index contributed by atoms with van der Waals surface area (Å²) in [5.41, 5.74) is 5.31. The van der Waals surface area contributed by atoms with E-state index in [-0.39, 0.29) is 24.7 Å². The monoisotopic (exact) mass is 251 g/mol. The van der Waals surface area contributed by atoms with Crippen molar-refractivity contribution < 1.29 is 14.7 Å². The van der Waals surface area contributed by atoms with Crippen LogP contribution < -0.4 is 10.5 Å². The van der Waals surface area contributed by atoms with E-state index < -0.39 is 0 Å². The number of rotatable bonds is 6. The molecule has 1 aromatic rings. The van der Waals surface area contributed by atoms with Gasteiger partial charge in [0.05, 0.1) is 19.6 Å². The van der Waals surface area contributed by atoms with E-state index in [0.29, 0.717) is 6.61 Å². The predicted octanol–water partition coefficient (Wildman–Crippen LogP) is 0.660. The van der Waals surface area contributed by atoms with Crippen molar-refractivity contribution in [3.8, 4) is 5.75 Å². The normalized spacial score (nSPS) is 11.1. The van der Waals surface area contributed by atoms with Gasteiger partial charge in [-0.2, -0.15) is 0 Å². The highest BCUT2D eigenvalue weighted by molar-refractivity contribution is 5.86. The summed E-state index contributed by atoms with van der Waals surface area (Å²) < 4.78 is 5.40. The number of carbonyl (C=O) groups is 1. The van der Waals surface area contributed by atoms with Crippen LogP contribution in [0.25, 0.3) is 0 Å². The van der Waals surface area contributed by atoms with Gasteiger partial charge in [-0.15, -0.1) is 0 Å². The number of hydrogen-bond acceptors (Lipinski definition) is 4. The van der Waals surface area contributed by atoms with E-state index in [4.69, 9.17) is 15.7 Å². The van der Waals surface area contributed by atoms with E-state index in [0.717, 1.165) is 5.75 Å². The molecule has 1 amide bonds. The van der Waals surface area contributed by atoms with Crippen molar-refractivity contribution in [3.05, 3.63) is 30.3 Å². The first-order chi connectivity index (χ1) is 8.63. The van der Waals surface area contributed by atoms with Gasteiger partial charge in [-0.25, -0.2) is 0 Å². The minimum absolute atomic E-state index is 0.00479. The number of hydrogen-bond donors (Lipinski definition) is 2. The lowest BCUT2D eigenvalue weighted by molar-refractivity contribution is -0.129. The number of nitrogens with zero attached hydrogens (tertiary/aromatic N) is 2. The van der Waals surface area contributed by atoms with Crippen LogP contribution in [0.15, 0.2) is 35.5 Å². The maximum Gasteiger partial charge on any atom is 0.226 e. The zero-order valence-corrected chi connectivity index (χ0v) is 10.2. The lowest BCUT2D eigenvalue weighted by atomic mass is 10.3. The van der Waals surface area contributed by atoms with Crippen molar-refractivity contribution in [1.29, 1.82) is 0 Å². The largest absolute Gasteiger partial charge is 0.493 e. The molecular weight excluding hydrogens is 234 g/mol. The highest BCUT2D eigenvalue weighted by atomic mass is 16.5. The molecule has 18 heavy (non-hydrogen) atoms. The summed E-state index contributed by atoms with van der Waals surface area (Å²) in [6.45, 7) is 0.393. The molecule has 1 aromatic carbocycles. The Hall–Kier alpha value is -2.24. The number of oxime groups is 1. The molecule has 0 heterocycles. The molecule has 0 saturated carbocycles. The number of carbonyl (C=O) groups excluding carboxylic acids is 1. The number of para-hydroxylation sites is 1. The molecule has 0 saturated heterocycles. The van der Waals surface area contributed by atoms with Crippen molar-refractivity contribution in [2.24, 2.45) is 10.9 Å². The second-order valence-corrected chi connectivity index (χ2v) is 3.75. The number of ether oxygens (including phenoxy) is 1. The number of amides is 1. The molecule has 6 nitrogen and oxygen atoms in total. The minimum atomic E-state index is -0.127.